The molecule has 1 heterocycles. The standard InChI is InChI=1S/C26H23FN2O2/c1-17-6-9-19(10-7-17)15-29(26(31)21-4-3-5-23(27)14-21)16-22-13-20-11-8-18(2)12-24(20)28-25(22)30/h3-14H,15-16H2,1-2H3,(H,28,30). The predicted octanol–water partition coefficient (Wildman–Crippen LogP) is 5.13. The third-order valence-electron chi connectivity index (χ3n) is 5.29. The van der Waals surface area contributed by atoms with Crippen LogP contribution in [0.5, 0.6) is 0 Å². The van der Waals surface area contributed by atoms with Crippen molar-refractivity contribution < 1.29 is 9.18 Å². The van der Waals surface area contributed by atoms with Crippen molar-refractivity contribution in [2.24, 2.45) is 0 Å². The summed E-state index contributed by atoms with van der Waals surface area (Å²) >= 11 is 0. The number of carbonyl (C=O) groups is 1. The summed E-state index contributed by atoms with van der Waals surface area (Å²) in [7, 11) is 0. The van der Waals surface area contributed by atoms with Gasteiger partial charge in [0.2, 0.25) is 0 Å². The highest BCUT2D eigenvalue weighted by Gasteiger charge is 2.19. The van der Waals surface area contributed by atoms with Crippen LogP contribution < -0.4 is 5.56 Å². The molecule has 4 nitrogen and oxygen atoms in total. The molecule has 0 aliphatic heterocycles. The van der Waals surface area contributed by atoms with Gasteiger partial charge in [-0.2, -0.15) is 0 Å². The van der Waals surface area contributed by atoms with Crippen molar-refractivity contribution in [2.45, 2.75) is 26.9 Å². The summed E-state index contributed by atoms with van der Waals surface area (Å²) in [5.41, 5.74) is 4.36. The molecule has 1 N–H and O–H groups in total. The van der Waals surface area contributed by atoms with Crippen LogP contribution >= 0.6 is 0 Å². The number of aryl methyl sites for hydroxylation is 2. The van der Waals surface area contributed by atoms with Crippen molar-refractivity contribution in [1.82, 2.24) is 9.88 Å². The van der Waals surface area contributed by atoms with E-state index in [2.05, 4.69) is 4.98 Å². The van der Waals surface area contributed by atoms with Crippen LogP contribution in [0.1, 0.15) is 32.6 Å². The fraction of sp³-hybridized carbons (Fsp3) is 0.154. The molecule has 0 unspecified atom stereocenters. The van der Waals surface area contributed by atoms with E-state index in [1.807, 2.05) is 62.4 Å². The van der Waals surface area contributed by atoms with E-state index < -0.39 is 5.82 Å². The Morgan fingerprint density at radius 3 is 2.39 bits per heavy atom. The first-order valence-electron chi connectivity index (χ1n) is 10.1. The third-order valence-corrected chi connectivity index (χ3v) is 5.29. The zero-order chi connectivity index (χ0) is 22.0. The van der Waals surface area contributed by atoms with Gasteiger partial charge >= 0.3 is 0 Å². The summed E-state index contributed by atoms with van der Waals surface area (Å²) < 4.78 is 13.7. The summed E-state index contributed by atoms with van der Waals surface area (Å²) in [5, 5.41) is 0.897. The Balaban J connectivity index is 1.71. The lowest BCUT2D eigenvalue weighted by atomic mass is 10.1. The monoisotopic (exact) mass is 414 g/mol. The molecule has 31 heavy (non-hydrogen) atoms. The Morgan fingerprint density at radius 2 is 1.65 bits per heavy atom. The van der Waals surface area contributed by atoms with Crippen LogP contribution in [-0.2, 0) is 13.1 Å². The number of hydrogen-bond donors (Lipinski definition) is 1. The second-order valence-electron chi connectivity index (χ2n) is 7.87. The van der Waals surface area contributed by atoms with Crippen molar-refractivity contribution in [3.8, 4) is 0 Å². The van der Waals surface area contributed by atoms with Crippen LogP contribution in [0.25, 0.3) is 10.9 Å². The smallest absolute Gasteiger partial charge is 0.254 e. The zero-order valence-electron chi connectivity index (χ0n) is 17.5. The minimum absolute atomic E-state index is 0.113. The highest BCUT2D eigenvalue weighted by molar-refractivity contribution is 5.94. The molecule has 0 fully saturated rings. The second-order valence-corrected chi connectivity index (χ2v) is 7.87. The van der Waals surface area contributed by atoms with Gasteiger partial charge in [0.05, 0.1) is 6.54 Å². The number of aromatic amines is 1. The number of hydrogen-bond acceptors (Lipinski definition) is 2. The molecule has 3 aromatic carbocycles. The third kappa shape index (κ3) is 4.72. The average molecular weight is 414 g/mol. The van der Waals surface area contributed by atoms with E-state index in [-0.39, 0.29) is 23.6 Å². The molecule has 156 valence electrons. The largest absolute Gasteiger partial charge is 0.330 e. The van der Waals surface area contributed by atoms with Gasteiger partial charge in [-0.05, 0) is 60.7 Å². The number of rotatable bonds is 5. The highest BCUT2D eigenvalue weighted by Crippen LogP contribution is 2.17. The molecule has 4 aromatic rings. The van der Waals surface area contributed by atoms with E-state index in [1.54, 1.807) is 11.0 Å². The van der Waals surface area contributed by atoms with Gasteiger partial charge in [0.25, 0.3) is 11.5 Å². The molecule has 0 saturated carbocycles. The average Bonchev–Trinajstić information content (AvgIpc) is 2.75. The first-order chi connectivity index (χ1) is 14.9. The molecule has 1 aromatic heterocycles. The number of halogens is 1. The van der Waals surface area contributed by atoms with Gasteiger partial charge in [-0.3, -0.25) is 9.59 Å². The maximum Gasteiger partial charge on any atom is 0.254 e. The molecule has 0 aliphatic rings. The first-order valence-corrected chi connectivity index (χ1v) is 10.1. The fourth-order valence-corrected chi connectivity index (χ4v) is 3.60. The molecule has 1 amide bonds. The number of aromatic nitrogens is 1. The highest BCUT2D eigenvalue weighted by atomic mass is 19.1. The van der Waals surface area contributed by atoms with E-state index in [4.69, 9.17) is 0 Å². The summed E-state index contributed by atoms with van der Waals surface area (Å²) in [6.45, 7) is 4.38. The van der Waals surface area contributed by atoms with Crippen molar-refractivity contribution >= 4 is 16.8 Å². The lowest BCUT2D eigenvalue weighted by molar-refractivity contribution is 0.0729. The van der Waals surface area contributed by atoms with E-state index in [1.165, 1.54) is 18.2 Å². The summed E-state index contributed by atoms with van der Waals surface area (Å²) in [5.74, 6) is -0.802. The van der Waals surface area contributed by atoms with Gasteiger partial charge in [-0.25, -0.2) is 4.39 Å². The molecular formula is C26H23FN2O2. The van der Waals surface area contributed by atoms with Crippen LogP contribution in [0.15, 0.2) is 77.6 Å². The molecule has 0 bridgehead atoms. The number of nitrogens with zero attached hydrogens (tertiary/aromatic N) is 1. The molecule has 0 saturated heterocycles. The normalized spacial score (nSPS) is 10.9. The van der Waals surface area contributed by atoms with Gasteiger partial charge in [0, 0.05) is 23.2 Å². The summed E-state index contributed by atoms with van der Waals surface area (Å²) in [4.78, 5) is 30.5. The number of amides is 1. The lowest BCUT2D eigenvalue weighted by Crippen LogP contribution is -2.32. The van der Waals surface area contributed by atoms with Crippen LogP contribution in [0.3, 0.4) is 0 Å². The fourth-order valence-electron chi connectivity index (χ4n) is 3.60. The predicted molar refractivity (Wildman–Crippen MR) is 120 cm³/mol. The Morgan fingerprint density at radius 1 is 0.903 bits per heavy atom. The number of H-pyrrole nitrogens is 1. The number of benzene rings is 3. The maximum absolute atomic E-state index is 13.7. The minimum Gasteiger partial charge on any atom is -0.330 e. The van der Waals surface area contributed by atoms with E-state index in [0.717, 1.165) is 27.6 Å². The summed E-state index contributed by atoms with van der Waals surface area (Å²) in [6.07, 6.45) is 0. The quantitative estimate of drug-likeness (QED) is 0.492. The van der Waals surface area contributed by atoms with Crippen LogP contribution in [0.2, 0.25) is 0 Å². The molecule has 4 rings (SSSR count). The zero-order valence-corrected chi connectivity index (χ0v) is 17.5. The topological polar surface area (TPSA) is 53.2 Å². The molecule has 0 atom stereocenters. The number of carbonyl (C=O) groups excluding carboxylic acids is 1. The second kappa shape index (κ2) is 8.56. The summed E-state index contributed by atoms with van der Waals surface area (Å²) in [6, 6.07) is 21.1. The van der Waals surface area contributed by atoms with Gasteiger partial charge < -0.3 is 9.88 Å². The van der Waals surface area contributed by atoms with E-state index in [9.17, 15) is 14.0 Å². The lowest BCUT2D eigenvalue weighted by Gasteiger charge is -2.23. The van der Waals surface area contributed by atoms with Crippen molar-refractivity contribution in [3.63, 3.8) is 0 Å². The van der Waals surface area contributed by atoms with Gasteiger partial charge in [-0.1, -0.05) is 48.0 Å². The number of nitrogens with one attached hydrogen (secondary N) is 1. The number of fused-ring (bicyclic) bond motifs is 1. The van der Waals surface area contributed by atoms with Crippen molar-refractivity contribution in [2.75, 3.05) is 0 Å². The van der Waals surface area contributed by atoms with Gasteiger partial charge in [-0.15, -0.1) is 0 Å². The Bertz CT molecular complexity index is 1310. The van der Waals surface area contributed by atoms with Crippen LogP contribution in [0.4, 0.5) is 4.39 Å². The minimum atomic E-state index is -0.472. The molecule has 0 radical (unpaired) electrons. The molecule has 0 aliphatic carbocycles. The van der Waals surface area contributed by atoms with Crippen molar-refractivity contribution in [3.05, 3.63) is 117 Å². The number of pyridine rings is 1. The van der Waals surface area contributed by atoms with Gasteiger partial charge in [0.1, 0.15) is 5.82 Å². The van der Waals surface area contributed by atoms with E-state index >= 15 is 0 Å². The Kier molecular flexibility index (Phi) is 5.67. The van der Waals surface area contributed by atoms with E-state index in [0.29, 0.717) is 12.1 Å². The SMILES string of the molecule is Cc1ccc(CN(Cc2cc3ccc(C)cc3[nH]c2=O)C(=O)c2cccc(F)c2)cc1. The molecule has 5 heteroatoms. The Hall–Kier alpha value is -3.73. The van der Waals surface area contributed by atoms with Crippen molar-refractivity contribution in [1.29, 1.82) is 0 Å². The molecule has 0 spiro atoms. The molecular weight excluding hydrogens is 391 g/mol. The maximum atomic E-state index is 13.7. The first kappa shape index (κ1) is 20.5. The Labute approximate surface area is 180 Å². The van der Waals surface area contributed by atoms with Crippen LogP contribution in [0, 0.1) is 19.7 Å². The van der Waals surface area contributed by atoms with Gasteiger partial charge in [0.15, 0.2) is 0 Å². The van der Waals surface area contributed by atoms with Crippen LogP contribution in [-0.4, -0.2) is 15.8 Å².